The van der Waals surface area contributed by atoms with Gasteiger partial charge in [-0.25, -0.2) is 0 Å². The molecule has 110 valence electrons. The minimum Gasteiger partial charge on any atom is -0.382 e. The Morgan fingerprint density at radius 3 is 2.40 bits per heavy atom. The largest absolute Gasteiger partial charge is 0.382 e. The van der Waals surface area contributed by atoms with Gasteiger partial charge in [0.2, 0.25) is 0 Å². The van der Waals surface area contributed by atoms with Crippen molar-refractivity contribution in [3.63, 3.8) is 0 Å². The lowest BCUT2D eigenvalue weighted by Crippen LogP contribution is -2.51. The van der Waals surface area contributed by atoms with Crippen LogP contribution in [0.2, 0.25) is 0 Å². The highest BCUT2D eigenvalue weighted by Crippen LogP contribution is 2.57. The first-order chi connectivity index (χ1) is 9.74. The number of nitrogens with one attached hydrogen (secondary N) is 2. The number of nitrogen functional groups attached to an aromatic ring is 1. The highest BCUT2D eigenvalue weighted by Gasteiger charge is 2.50. The average Bonchev–Trinajstić information content (AvgIpc) is 2.81. The number of rotatable bonds is 4. The van der Waals surface area contributed by atoms with Gasteiger partial charge in [-0.3, -0.25) is 5.10 Å². The van der Waals surface area contributed by atoms with Crippen molar-refractivity contribution in [3.8, 4) is 0 Å². The summed E-state index contributed by atoms with van der Waals surface area (Å²) < 4.78 is 0. The molecule has 5 rings (SSSR count). The maximum absolute atomic E-state index is 5.94. The third-order valence-corrected chi connectivity index (χ3v) is 6.21. The van der Waals surface area contributed by atoms with E-state index in [9.17, 15) is 0 Å². The number of H-pyrrole nitrogens is 1. The fraction of sp³-hybridized carbons (Fsp3) is 0.812. The Kier molecular flexibility index (Phi) is 2.93. The van der Waals surface area contributed by atoms with Crippen LogP contribution in [0.4, 0.5) is 11.5 Å². The van der Waals surface area contributed by atoms with Crippen molar-refractivity contribution < 1.29 is 0 Å². The zero-order valence-electron chi connectivity index (χ0n) is 12.3. The molecule has 0 radical (unpaired) electrons. The van der Waals surface area contributed by atoms with Crippen LogP contribution >= 0.6 is 0 Å². The molecule has 1 aromatic rings. The number of nitrogens with two attached hydrogens (primary N) is 1. The van der Waals surface area contributed by atoms with Gasteiger partial charge >= 0.3 is 0 Å². The van der Waals surface area contributed by atoms with Crippen molar-refractivity contribution in [2.45, 2.75) is 51.5 Å². The Morgan fingerprint density at radius 2 is 1.90 bits per heavy atom. The summed E-state index contributed by atoms with van der Waals surface area (Å²) in [5.74, 6) is 5.53. The van der Waals surface area contributed by atoms with Gasteiger partial charge in [0.25, 0.3) is 0 Å². The van der Waals surface area contributed by atoms with E-state index < -0.39 is 0 Å². The molecule has 4 heteroatoms. The molecule has 4 N–H and O–H groups in total. The van der Waals surface area contributed by atoms with Gasteiger partial charge in [0.05, 0.1) is 11.9 Å². The Balaban J connectivity index is 1.54. The lowest BCUT2D eigenvalue weighted by Gasteiger charge is -2.56. The summed E-state index contributed by atoms with van der Waals surface area (Å²) in [6, 6.07) is 0.560. The number of aromatic nitrogens is 2. The van der Waals surface area contributed by atoms with E-state index >= 15 is 0 Å². The normalized spacial score (nSPS) is 40.0. The molecule has 4 aliphatic carbocycles. The molecule has 1 heterocycles. The standard InChI is InChI=1S/C16H26N4/c1-2-13(19-14-8-18-20-16(14)17)15-11-4-9-3-10(6-11)7-12(15)5-9/h8-13,15,19H,2-7H2,1H3,(H3,17,18,20). The monoisotopic (exact) mass is 274 g/mol. The summed E-state index contributed by atoms with van der Waals surface area (Å²) in [6.45, 7) is 2.30. The van der Waals surface area contributed by atoms with Crippen LogP contribution in [0.25, 0.3) is 0 Å². The summed E-state index contributed by atoms with van der Waals surface area (Å²) in [6.07, 6.45) is 10.5. The summed E-state index contributed by atoms with van der Waals surface area (Å²) in [5, 5.41) is 10.6. The van der Waals surface area contributed by atoms with Crippen LogP contribution in [0.5, 0.6) is 0 Å². The van der Waals surface area contributed by atoms with Gasteiger partial charge in [-0.2, -0.15) is 5.10 Å². The maximum Gasteiger partial charge on any atom is 0.142 e. The molecule has 0 saturated heterocycles. The quantitative estimate of drug-likeness (QED) is 0.789. The van der Waals surface area contributed by atoms with Crippen molar-refractivity contribution in [2.75, 3.05) is 11.1 Å². The molecule has 0 aliphatic heterocycles. The van der Waals surface area contributed by atoms with Gasteiger partial charge in [-0.1, -0.05) is 6.92 Å². The van der Waals surface area contributed by atoms with E-state index in [0.29, 0.717) is 11.9 Å². The molecule has 4 aliphatic rings. The topological polar surface area (TPSA) is 66.7 Å². The molecule has 1 atom stereocenters. The van der Waals surface area contributed by atoms with Crippen LogP contribution in [0.15, 0.2) is 6.20 Å². The summed E-state index contributed by atoms with van der Waals surface area (Å²) in [5.41, 5.74) is 6.93. The van der Waals surface area contributed by atoms with Crippen LogP contribution in [0.1, 0.15) is 45.4 Å². The first kappa shape index (κ1) is 12.5. The highest BCUT2D eigenvalue weighted by atomic mass is 15.2. The van der Waals surface area contributed by atoms with E-state index in [1.165, 1.54) is 38.5 Å². The minimum absolute atomic E-state index is 0.560. The van der Waals surface area contributed by atoms with E-state index in [4.69, 9.17) is 5.73 Å². The second-order valence-electron chi connectivity index (χ2n) is 7.36. The first-order valence-corrected chi connectivity index (χ1v) is 8.30. The molecule has 0 aromatic carbocycles. The van der Waals surface area contributed by atoms with Crippen molar-refractivity contribution in [1.82, 2.24) is 10.2 Å². The van der Waals surface area contributed by atoms with Crippen molar-refractivity contribution in [2.24, 2.45) is 29.6 Å². The Hall–Kier alpha value is -1.19. The smallest absolute Gasteiger partial charge is 0.142 e. The number of hydrogen-bond donors (Lipinski definition) is 3. The minimum atomic E-state index is 0.560. The van der Waals surface area contributed by atoms with Crippen LogP contribution in [-0.2, 0) is 0 Å². The van der Waals surface area contributed by atoms with Gasteiger partial charge in [-0.15, -0.1) is 0 Å². The molecule has 0 spiro atoms. The third-order valence-electron chi connectivity index (χ3n) is 6.21. The zero-order chi connectivity index (χ0) is 13.7. The molecular formula is C16H26N4. The molecule has 4 fully saturated rings. The molecule has 20 heavy (non-hydrogen) atoms. The fourth-order valence-electron chi connectivity index (χ4n) is 5.71. The van der Waals surface area contributed by atoms with Crippen molar-refractivity contribution >= 4 is 11.5 Å². The van der Waals surface area contributed by atoms with Crippen molar-refractivity contribution in [3.05, 3.63) is 6.20 Å². The van der Waals surface area contributed by atoms with Gasteiger partial charge in [0.1, 0.15) is 5.82 Å². The van der Waals surface area contributed by atoms with E-state index in [1.54, 1.807) is 0 Å². The second kappa shape index (κ2) is 4.68. The second-order valence-corrected chi connectivity index (χ2v) is 7.36. The number of anilines is 2. The zero-order valence-corrected chi connectivity index (χ0v) is 12.3. The molecule has 4 bridgehead atoms. The Labute approximate surface area is 120 Å². The van der Waals surface area contributed by atoms with Crippen LogP contribution in [0.3, 0.4) is 0 Å². The number of nitrogens with zero attached hydrogens (tertiary/aromatic N) is 1. The van der Waals surface area contributed by atoms with E-state index in [1.807, 2.05) is 6.20 Å². The lowest BCUT2D eigenvalue weighted by atomic mass is 9.50. The van der Waals surface area contributed by atoms with E-state index in [-0.39, 0.29) is 0 Å². The fourth-order valence-corrected chi connectivity index (χ4v) is 5.71. The van der Waals surface area contributed by atoms with Crippen LogP contribution in [-0.4, -0.2) is 16.2 Å². The predicted octanol–water partition coefficient (Wildman–Crippen LogP) is 3.25. The molecule has 0 amide bonds. The number of aromatic amines is 1. The average molecular weight is 274 g/mol. The first-order valence-electron chi connectivity index (χ1n) is 8.30. The highest BCUT2D eigenvalue weighted by molar-refractivity contribution is 5.60. The van der Waals surface area contributed by atoms with E-state index in [0.717, 1.165) is 35.3 Å². The molecule has 4 nitrogen and oxygen atoms in total. The molecular weight excluding hydrogens is 248 g/mol. The SMILES string of the molecule is CCC(Nc1cn[nH]c1N)C1C2CC3CC(C2)CC1C3. The van der Waals surface area contributed by atoms with Gasteiger partial charge in [0, 0.05) is 6.04 Å². The Bertz CT molecular complexity index is 453. The Morgan fingerprint density at radius 1 is 1.25 bits per heavy atom. The van der Waals surface area contributed by atoms with Gasteiger partial charge in [-0.05, 0) is 68.1 Å². The molecule has 1 unspecified atom stereocenters. The lowest BCUT2D eigenvalue weighted by molar-refractivity contribution is -0.0442. The molecule has 4 saturated carbocycles. The maximum atomic E-state index is 5.94. The van der Waals surface area contributed by atoms with Gasteiger partial charge < -0.3 is 11.1 Å². The summed E-state index contributed by atoms with van der Waals surface area (Å²) in [4.78, 5) is 0. The van der Waals surface area contributed by atoms with Gasteiger partial charge in [0.15, 0.2) is 0 Å². The van der Waals surface area contributed by atoms with Crippen LogP contribution in [0, 0.1) is 29.6 Å². The summed E-state index contributed by atoms with van der Waals surface area (Å²) >= 11 is 0. The van der Waals surface area contributed by atoms with Crippen molar-refractivity contribution in [1.29, 1.82) is 0 Å². The predicted molar refractivity (Wildman–Crippen MR) is 81.2 cm³/mol. The summed E-state index contributed by atoms with van der Waals surface area (Å²) in [7, 11) is 0. The molecule has 1 aromatic heterocycles. The van der Waals surface area contributed by atoms with Crippen LogP contribution < -0.4 is 11.1 Å². The van der Waals surface area contributed by atoms with E-state index in [2.05, 4.69) is 22.4 Å². The third kappa shape index (κ3) is 1.92. The number of hydrogen-bond acceptors (Lipinski definition) is 3.